The standard InChI is InChI=1S/C19H19N9O/c20-9-14-10-24-18(11-23-14)28-17-8-16(25-12-26-17)22-7-6-15(21)19(29)27-13-4-2-1-3-5-13/h1-5,8,10-12,15H,6-7,21H2,(H,27,29)(H2,22,24,25,26,28)/t15-/m0/s1. The predicted octanol–water partition coefficient (Wildman–Crippen LogP) is 1.65. The van der Waals surface area contributed by atoms with Crippen LogP contribution in [0.5, 0.6) is 0 Å². The monoisotopic (exact) mass is 389 g/mol. The second-order valence-corrected chi connectivity index (χ2v) is 5.99. The Morgan fingerprint density at radius 2 is 1.86 bits per heavy atom. The van der Waals surface area contributed by atoms with Crippen LogP contribution < -0.4 is 21.7 Å². The lowest BCUT2D eigenvalue weighted by Crippen LogP contribution is -2.37. The molecule has 0 aliphatic heterocycles. The third-order valence-corrected chi connectivity index (χ3v) is 3.83. The summed E-state index contributed by atoms with van der Waals surface area (Å²) in [5.74, 6) is 1.28. The minimum absolute atomic E-state index is 0.230. The van der Waals surface area contributed by atoms with Crippen LogP contribution in [0.1, 0.15) is 12.1 Å². The van der Waals surface area contributed by atoms with Gasteiger partial charge in [-0.1, -0.05) is 18.2 Å². The molecule has 0 radical (unpaired) electrons. The number of carbonyl (C=O) groups excluding carboxylic acids is 1. The van der Waals surface area contributed by atoms with Crippen molar-refractivity contribution in [2.75, 3.05) is 22.5 Å². The van der Waals surface area contributed by atoms with Crippen LogP contribution >= 0.6 is 0 Å². The van der Waals surface area contributed by atoms with Crippen molar-refractivity contribution in [2.45, 2.75) is 12.5 Å². The lowest BCUT2D eigenvalue weighted by molar-refractivity contribution is -0.117. The van der Waals surface area contributed by atoms with Gasteiger partial charge in [0.05, 0.1) is 18.4 Å². The number of nitriles is 1. The van der Waals surface area contributed by atoms with Crippen molar-refractivity contribution < 1.29 is 4.79 Å². The summed E-state index contributed by atoms with van der Waals surface area (Å²) < 4.78 is 0. The fourth-order valence-electron chi connectivity index (χ4n) is 2.35. The lowest BCUT2D eigenvalue weighted by Gasteiger charge is -2.13. The van der Waals surface area contributed by atoms with Gasteiger partial charge in [0.2, 0.25) is 5.91 Å². The highest BCUT2D eigenvalue weighted by Gasteiger charge is 2.13. The van der Waals surface area contributed by atoms with Crippen molar-refractivity contribution >= 4 is 29.0 Å². The van der Waals surface area contributed by atoms with Gasteiger partial charge in [0, 0.05) is 18.3 Å². The molecule has 146 valence electrons. The Kier molecular flexibility index (Phi) is 6.59. The van der Waals surface area contributed by atoms with E-state index < -0.39 is 6.04 Å². The molecule has 0 fully saturated rings. The fourth-order valence-corrected chi connectivity index (χ4v) is 2.35. The van der Waals surface area contributed by atoms with Gasteiger partial charge in [-0.3, -0.25) is 4.79 Å². The maximum atomic E-state index is 12.1. The molecule has 0 unspecified atom stereocenters. The average Bonchev–Trinajstić information content (AvgIpc) is 2.75. The molecule has 2 heterocycles. The van der Waals surface area contributed by atoms with Gasteiger partial charge in [-0.05, 0) is 18.6 Å². The molecule has 0 saturated carbocycles. The van der Waals surface area contributed by atoms with Crippen molar-refractivity contribution in [3.63, 3.8) is 0 Å². The van der Waals surface area contributed by atoms with Crippen LogP contribution in [0, 0.1) is 11.3 Å². The number of anilines is 4. The quantitative estimate of drug-likeness (QED) is 0.450. The zero-order valence-electron chi connectivity index (χ0n) is 15.4. The number of carbonyl (C=O) groups is 1. The van der Waals surface area contributed by atoms with E-state index in [0.717, 1.165) is 0 Å². The van der Waals surface area contributed by atoms with E-state index >= 15 is 0 Å². The number of para-hydroxylation sites is 1. The minimum Gasteiger partial charge on any atom is -0.370 e. The molecular weight excluding hydrogens is 370 g/mol. The molecule has 1 atom stereocenters. The van der Waals surface area contributed by atoms with Crippen LogP contribution in [0.15, 0.2) is 55.1 Å². The summed E-state index contributed by atoms with van der Waals surface area (Å²) in [6.45, 7) is 0.455. The van der Waals surface area contributed by atoms with Crippen molar-refractivity contribution in [3.8, 4) is 6.07 Å². The SMILES string of the molecule is N#Cc1cnc(Nc2cc(NCC[C@H](N)C(=O)Nc3ccccc3)ncn2)cn1. The van der Waals surface area contributed by atoms with Gasteiger partial charge in [-0.15, -0.1) is 0 Å². The zero-order chi connectivity index (χ0) is 20.5. The van der Waals surface area contributed by atoms with E-state index in [-0.39, 0.29) is 11.6 Å². The Morgan fingerprint density at radius 3 is 2.59 bits per heavy atom. The normalized spacial score (nSPS) is 11.2. The second kappa shape index (κ2) is 9.72. The van der Waals surface area contributed by atoms with Crippen LogP contribution in [0.25, 0.3) is 0 Å². The molecular formula is C19H19N9O. The molecule has 0 saturated heterocycles. The summed E-state index contributed by atoms with van der Waals surface area (Å²) in [6.07, 6.45) is 4.62. The fraction of sp³-hybridized carbons (Fsp3) is 0.158. The van der Waals surface area contributed by atoms with Crippen molar-refractivity contribution in [1.82, 2.24) is 19.9 Å². The van der Waals surface area contributed by atoms with E-state index in [1.54, 1.807) is 18.2 Å². The summed E-state index contributed by atoms with van der Waals surface area (Å²) in [5.41, 5.74) is 6.89. The number of benzene rings is 1. The molecule has 0 spiro atoms. The van der Waals surface area contributed by atoms with Crippen LogP contribution in [-0.4, -0.2) is 38.4 Å². The van der Waals surface area contributed by atoms with Crippen molar-refractivity contribution in [2.24, 2.45) is 5.73 Å². The predicted molar refractivity (Wildman–Crippen MR) is 108 cm³/mol. The number of nitrogens with one attached hydrogen (secondary N) is 3. The first kappa shape index (κ1) is 19.7. The molecule has 3 rings (SSSR count). The van der Waals surface area contributed by atoms with E-state index in [0.29, 0.717) is 36.1 Å². The third-order valence-electron chi connectivity index (χ3n) is 3.83. The van der Waals surface area contributed by atoms with Crippen LogP contribution in [0.4, 0.5) is 23.1 Å². The first-order valence-electron chi connectivity index (χ1n) is 8.80. The molecule has 10 heteroatoms. The Labute approximate surface area is 167 Å². The molecule has 0 aliphatic carbocycles. The molecule has 1 amide bonds. The number of nitrogens with zero attached hydrogens (tertiary/aromatic N) is 5. The molecule has 1 aromatic carbocycles. The summed E-state index contributed by atoms with van der Waals surface area (Å²) in [6, 6.07) is 12.1. The topological polar surface area (TPSA) is 155 Å². The highest BCUT2D eigenvalue weighted by atomic mass is 16.2. The largest absolute Gasteiger partial charge is 0.370 e. The number of nitrogens with two attached hydrogens (primary N) is 1. The zero-order valence-corrected chi connectivity index (χ0v) is 15.4. The lowest BCUT2D eigenvalue weighted by atomic mass is 10.2. The van der Waals surface area contributed by atoms with Gasteiger partial charge < -0.3 is 21.7 Å². The number of amides is 1. The Hall–Kier alpha value is -4.10. The van der Waals surface area contributed by atoms with Crippen molar-refractivity contribution in [3.05, 3.63) is 60.8 Å². The van der Waals surface area contributed by atoms with Crippen LogP contribution in [0.3, 0.4) is 0 Å². The van der Waals surface area contributed by atoms with Gasteiger partial charge in [-0.2, -0.15) is 5.26 Å². The van der Waals surface area contributed by atoms with E-state index in [4.69, 9.17) is 11.0 Å². The number of rotatable bonds is 8. The van der Waals surface area contributed by atoms with E-state index in [1.807, 2.05) is 24.3 Å². The van der Waals surface area contributed by atoms with E-state index in [9.17, 15) is 4.79 Å². The molecule has 10 nitrogen and oxygen atoms in total. The van der Waals surface area contributed by atoms with Gasteiger partial charge in [-0.25, -0.2) is 19.9 Å². The molecule has 0 bridgehead atoms. The maximum Gasteiger partial charge on any atom is 0.241 e. The second-order valence-electron chi connectivity index (χ2n) is 5.99. The van der Waals surface area contributed by atoms with Crippen LogP contribution in [0.2, 0.25) is 0 Å². The Morgan fingerprint density at radius 1 is 1.07 bits per heavy atom. The van der Waals surface area contributed by atoms with E-state index in [2.05, 4.69) is 35.9 Å². The number of hydrogen-bond donors (Lipinski definition) is 4. The van der Waals surface area contributed by atoms with Gasteiger partial charge >= 0.3 is 0 Å². The summed E-state index contributed by atoms with van der Waals surface area (Å²) in [5, 5.41) is 17.6. The van der Waals surface area contributed by atoms with Crippen molar-refractivity contribution in [1.29, 1.82) is 5.26 Å². The summed E-state index contributed by atoms with van der Waals surface area (Å²) >= 11 is 0. The average molecular weight is 389 g/mol. The molecule has 5 N–H and O–H groups in total. The molecule has 2 aromatic heterocycles. The van der Waals surface area contributed by atoms with Crippen LogP contribution in [-0.2, 0) is 4.79 Å². The first-order valence-corrected chi connectivity index (χ1v) is 8.80. The molecule has 3 aromatic rings. The summed E-state index contributed by atoms with van der Waals surface area (Å²) in [4.78, 5) is 28.4. The third kappa shape index (κ3) is 5.95. The minimum atomic E-state index is -0.656. The van der Waals surface area contributed by atoms with Gasteiger partial charge in [0.15, 0.2) is 5.69 Å². The van der Waals surface area contributed by atoms with Gasteiger partial charge in [0.25, 0.3) is 0 Å². The van der Waals surface area contributed by atoms with Gasteiger partial charge in [0.1, 0.15) is 29.9 Å². The number of hydrogen-bond acceptors (Lipinski definition) is 9. The Bertz CT molecular complexity index is 987. The van der Waals surface area contributed by atoms with E-state index in [1.165, 1.54) is 18.7 Å². The highest BCUT2D eigenvalue weighted by Crippen LogP contribution is 2.14. The smallest absolute Gasteiger partial charge is 0.241 e. The maximum absolute atomic E-state index is 12.1. The summed E-state index contributed by atoms with van der Waals surface area (Å²) in [7, 11) is 0. The Balaban J connectivity index is 1.48. The number of aromatic nitrogens is 4. The molecule has 29 heavy (non-hydrogen) atoms. The highest BCUT2D eigenvalue weighted by molar-refractivity contribution is 5.94. The molecule has 0 aliphatic rings. The first-order chi connectivity index (χ1) is 14.1.